The molecule has 0 spiro atoms. The molecule has 0 aliphatic rings. The van der Waals surface area contributed by atoms with E-state index in [0.717, 1.165) is 24.8 Å². The van der Waals surface area contributed by atoms with Gasteiger partial charge in [0.05, 0.1) is 0 Å². The summed E-state index contributed by atoms with van der Waals surface area (Å²) in [5.41, 5.74) is 2.64. The van der Waals surface area contributed by atoms with Gasteiger partial charge < -0.3 is 0 Å². The molecule has 76 valence electrons. The van der Waals surface area contributed by atoms with Crippen LogP contribution in [0.4, 0.5) is 0 Å². The molecular formula is C14H20. The maximum Gasteiger partial charge on any atom is -0.00924 e. The van der Waals surface area contributed by atoms with Crippen LogP contribution < -0.4 is 0 Å². The summed E-state index contributed by atoms with van der Waals surface area (Å²) in [5, 5.41) is 0. The molecule has 0 radical (unpaired) electrons. The van der Waals surface area contributed by atoms with Crippen molar-refractivity contribution in [2.45, 2.75) is 40.0 Å². The molecule has 0 unspecified atom stereocenters. The largest absolute Gasteiger partial charge is 0.115 e. The van der Waals surface area contributed by atoms with Gasteiger partial charge in [0.15, 0.2) is 0 Å². The van der Waals surface area contributed by atoms with Crippen molar-refractivity contribution < 1.29 is 0 Å². The lowest BCUT2D eigenvalue weighted by Crippen LogP contribution is -1.78. The molecule has 0 bridgehead atoms. The zero-order valence-electron chi connectivity index (χ0n) is 9.51. The highest BCUT2D eigenvalue weighted by Gasteiger charge is 1.89. The first-order valence-corrected chi connectivity index (χ1v) is 5.21. The number of terminal acetylenes is 1. The van der Waals surface area contributed by atoms with E-state index >= 15 is 0 Å². The molecule has 0 heterocycles. The highest BCUT2D eigenvalue weighted by atomic mass is 13.9. The summed E-state index contributed by atoms with van der Waals surface area (Å²) >= 11 is 0. The van der Waals surface area contributed by atoms with Crippen molar-refractivity contribution >= 4 is 0 Å². The van der Waals surface area contributed by atoms with E-state index < -0.39 is 0 Å². The van der Waals surface area contributed by atoms with E-state index in [4.69, 9.17) is 6.42 Å². The van der Waals surface area contributed by atoms with Crippen LogP contribution in [-0.2, 0) is 0 Å². The molecule has 0 saturated carbocycles. The van der Waals surface area contributed by atoms with Gasteiger partial charge in [0.2, 0.25) is 0 Å². The van der Waals surface area contributed by atoms with E-state index in [1.807, 2.05) is 6.92 Å². The van der Waals surface area contributed by atoms with E-state index in [9.17, 15) is 0 Å². The van der Waals surface area contributed by atoms with Crippen LogP contribution >= 0.6 is 0 Å². The fourth-order valence-corrected chi connectivity index (χ4v) is 1.24. The van der Waals surface area contributed by atoms with E-state index in [0.29, 0.717) is 0 Å². The van der Waals surface area contributed by atoms with Crippen LogP contribution in [0.15, 0.2) is 35.5 Å². The zero-order chi connectivity index (χ0) is 10.8. The molecule has 0 heteroatoms. The summed E-state index contributed by atoms with van der Waals surface area (Å²) in [7, 11) is 0. The van der Waals surface area contributed by atoms with Gasteiger partial charge >= 0.3 is 0 Å². The highest BCUT2D eigenvalue weighted by Crippen LogP contribution is 2.09. The minimum atomic E-state index is 1.04. The van der Waals surface area contributed by atoms with Gasteiger partial charge in [-0.3, -0.25) is 0 Å². The third-order valence-corrected chi connectivity index (χ3v) is 2.02. The smallest absolute Gasteiger partial charge is 0.00924 e. The number of allylic oxidation sites excluding steroid dienone is 6. The second-order valence-electron chi connectivity index (χ2n) is 3.29. The molecular weight excluding hydrogens is 168 g/mol. The monoisotopic (exact) mass is 188 g/mol. The molecule has 0 fully saturated rings. The van der Waals surface area contributed by atoms with E-state index in [2.05, 4.69) is 38.0 Å². The molecule has 0 aromatic rings. The molecule has 0 saturated heterocycles. The molecule has 0 aliphatic carbocycles. The first kappa shape index (κ1) is 12.8. The highest BCUT2D eigenvalue weighted by molar-refractivity contribution is 5.25. The Hall–Kier alpha value is -1.22. The van der Waals surface area contributed by atoms with E-state index in [1.54, 1.807) is 6.08 Å². The Morgan fingerprint density at radius 3 is 2.57 bits per heavy atom. The molecule has 0 N–H and O–H groups in total. The number of hydrogen-bond acceptors (Lipinski definition) is 0. The summed E-state index contributed by atoms with van der Waals surface area (Å²) in [4.78, 5) is 0. The second kappa shape index (κ2) is 8.38. The van der Waals surface area contributed by atoms with Crippen LogP contribution in [-0.4, -0.2) is 0 Å². The second-order valence-corrected chi connectivity index (χ2v) is 3.29. The summed E-state index contributed by atoms with van der Waals surface area (Å²) in [5.74, 6) is 2.52. The maximum atomic E-state index is 5.16. The lowest BCUT2D eigenvalue weighted by Gasteiger charge is -1.98. The van der Waals surface area contributed by atoms with Gasteiger partial charge in [-0.15, -0.1) is 6.42 Å². The Labute approximate surface area is 88.4 Å². The Morgan fingerprint density at radius 1 is 1.36 bits per heavy atom. The van der Waals surface area contributed by atoms with Crippen molar-refractivity contribution in [1.82, 2.24) is 0 Å². The molecule has 0 aliphatic heterocycles. The quantitative estimate of drug-likeness (QED) is 0.343. The molecule has 0 rings (SSSR count). The van der Waals surface area contributed by atoms with E-state index in [-0.39, 0.29) is 0 Å². The van der Waals surface area contributed by atoms with Gasteiger partial charge in [-0.05, 0) is 37.8 Å². The van der Waals surface area contributed by atoms with Crippen LogP contribution in [0.1, 0.15) is 40.0 Å². The third kappa shape index (κ3) is 6.31. The van der Waals surface area contributed by atoms with Crippen molar-refractivity contribution in [2.24, 2.45) is 0 Å². The fourth-order valence-electron chi connectivity index (χ4n) is 1.24. The maximum absolute atomic E-state index is 5.16. The lowest BCUT2D eigenvalue weighted by molar-refractivity contribution is 1.000. The molecule has 0 aromatic carbocycles. The summed E-state index contributed by atoms with van der Waals surface area (Å²) in [6.07, 6.45) is 16.8. The van der Waals surface area contributed by atoms with Crippen LogP contribution in [0.2, 0.25) is 0 Å². The zero-order valence-corrected chi connectivity index (χ0v) is 9.51. The SMILES string of the molecule is C#C/C=C(C)\C=C/C/C(=C/CC)CC. The first-order chi connectivity index (χ1) is 6.74. The van der Waals surface area contributed by atoms with Gasteiger partial charge in [0.1, 0.15) is 0 Å². The Balaban J connectivity index is 4.11. The van der Waals surface area contributed by atoms with Crippen molar-refractivity contribution in [3.8, 4) is 12.3 Å². The minimum Gasteiger partial charge on any atom is -0.115 e. The normalized spacial score (nSPS) is 13.3. The Bertz CT molecular complexity index is 269. The lowest BCUT2D eigenvalue weighted by atomic mass is 10.1. The average Bonchev–Trinajstić information content (AvgIpc) is 2.17. The average molecular weight is 188 g/mol. The molecule has 14 heavy (non-hydrogen) atoms. The molecule has 0 aromatic heterocycles. The van der Waals surface area contributed by atoms with Crippen LogP contribution in [0, 0.1) is 12.3 Å². The summed E-state index contributed by atoms with van der Waals surface area (Å²) < 4.78 is 0. The van der Waals surface area contributed by atoms with Crippen molar-refractivity contribution in [3.63, 3.8) is 0 Å². The van der Waals surface area contributed by atoms with Gasteiger partial charge in [-0.25, -0.2) is 0 Å². The minimum absolute atomic E-state index is 1.04. The predicted octanol–water partition coefficient (Wildman–Crippen LogP) is 4.26. The standard InChI is InChI=1S/C14H20/c1-5-9-13(4)11-8-12-14(7-3)10-6-2/h1,8-11H,6-7,12H2,2-4H3/b11-8-,13-9-,14-10+. The molecule has 0 amide bonds. The van der Waals surface area contributed by atoms with Gasteiger partial charge in [0, 0.05) is 0 Å². The van der Waals surface area contributed by atoms with Crippen molar-refractivity contribution in [1.29, 1.82) is 0 Å². The number of rotatable bonds is 5. The van der Waals surface area contributed by atoms with E-state index in [1.165, 1.54) is 5.57 Å². The molecule has 0 nitrogen and oxygen atoms in total. The Kier molecular flexibility index (Phi) is 7.65. The van der Waals surface area contributed by atoms with Gasteiger partial charge in [0.25, 0.3) is 0 Å². The summed E-state index contributed by atoms with van der Waals surface area (Å²) in [6, 6.07) is 0. The first-order valence-electron chi connectivity index (χ1n) is 5.21. The number of hydrogen-bond donors (Lipinski definition) is 0. The van der Waals surface area contributed by atoms with Crippen LogP contribution in [0.3, 0.4) is 0 Å². The third-order valence-electron chi connectivity index (χ3n) is 2.02. The van der Waals surface area contributed by atoms with Gasteiger partial charge in [-0.1, -0.05) is 43.6 Å². The van der Waals surface area contributed by atoms with Crippen molar-refractivity contribution in [2.75, 3.05) is 0 Å². The Morgan fingerprint density at radius 2 is 2.07 bits per heavy atom. The van der Waals surface area contributed by atoms with Gasteiger partial charge in [-0.2, -0.15) is 0 Å². The van der Waals surface area contributed by atoms with Crippen molar-refractivity contribution in [3.05, 3.63) is 35.5 Å². The van der Waals surface area contributed by atoms with Crippen LogP contribution in [0.5, 0.6) is 0 Å². The predicted molar refractivity (Wildman–Crippen MR) is 65.0 cm³/mol. The topological polar surface area (TPSA) is 0 Å². The molecule has 0 atom stereocenters. The fraction of sp³-hybridized carbons (Fsp3) is 0.429. The van der Waals surface area contributed by atoms with Crippen LogP contribution in [0.25, 0.3) is 0 Å². The summed E-state index contributed by atoms with van der Waals surface area (Å²) in [6.45, 7) is 6.38.